The van der Waals surface area contributed by atoms with Crippen molar-refractivity contribution >= 4 is 30.0 Å². The van der Waals surface area contributed by atoms with Gasteiger partial charge in [0.15, 0.2) is 11.6 Å². The van der Waals surface area contributed by atoms with Crippen LogP contribution in [0, 0.1) is 0 Å². The molecule has 22 heavy (non-hydrogen) atoms. The molecule has 0 spiro atoms. The van der Waals surface area contributed by atoms with Crippen molar-refractivity contribution in [3.63, 3.8) is 0 Å². The summed E-state index contributed by atoms with van der Waals surface area (Å²) in [6, 6.07) is 9.99. The Kier molecular flexibility index (Phi) is 5.67. The molecule has 0 radical (unpaired) electrons. The van der Waals surface area contributed by atoms with Gasteiger partial charge in [0.25, 0.3) is 0 Å². The topological polar surface area (TPSA) is 94.5 Å². The first-order valence-electron chi connectivity index (χ1n) is 6.97. The monoisotopic (exact) mass is 300 g/mol. The van der Waals surface area contributed by atoms with Crippen LogP contribution in [0.3, 0.4) is 0 Å². The minimum Gasteiger partial charge on any atom is -0.395 e. The average molecular weight is 300 g/mol. The van der Waals surface area contributed by atoms with Crippen molar-refractivity contribution in [2.45, 2.75) is 6.54 Å². The van der Waals surface area contributed by atoms with E-state index in [1.807, 2.05) is 30.3 Å². The third kappa shape index (κ3) is 3.92. The summed E-state index contributed by atoms with van der Waals surface area (Å²) >= 11 is 0. The maximum atomic E-state index is 8.90. The van der Waals surface area contributed by atoms with Gasteiger partial charge in [0, 0.05) is 20.1 Å². The molecule has 1 heterocycles. The highest BCUT2D eigenvalue weighted by Crippen LogP contribution is 2.31. The van der Waals surface area contributed by atoms with Crippen LogP contribution >= 0.6 is 0 Å². The first kappa shape index (κ1) is 15.7. The maximum Gasteiger partial charge on any atom is 0.226 e. The Bertz CT molecular complexity index is 617. The van der Waals surface area contributed by atoms with Gasteiger partial charge in [-0.25, -0.2) is 0 Å². The second-order valence-electron chi connectivity index (χ2n) is 4.49. The smallest absolute Gasteiger partial charge is 0.226 e. The van der Waals surface area contributed by atoms with E-state index < -0.39 is 0 Å². The summed E-state index contributed by atoms with van der Waals surface area (Å²) in [6.45, 7) is 4.57. The zero-order valence-electron chi connectivity index (χ0n) is 12.5. The molecular weight excluding hydrogens is 280 g/mol. The summed E-state index contributed by atoms with van der Waals surface area (Å²) in [4.78, 5) is 12.7. The van der Waals surface area contributed by atoms with Crippen LogP contribution in [0.25, 0.3) is 0 Å². The molecule has 2 aromatic rings. The molecule has 0 atom stereocenters. The molecule has 0 unspecified atom stereocenters. The lowest BCUT2D eigenvalue weighted by Crippen LogP contribution is -2.12. The summed E-state index contributed by atoms with van der Waals surface area (Å²) in [5.74, 6) is 1.57. The van der Waals surface area contributed by atoms with Crippen LogP contribution in [0.2, 0.25) is 0 Å². The summed E-state index contributed by atoms with van der Waals surface area (Å²) < 4.78 is 0. The number of aliphatic hydroxyl groups excluding tert-OH is 1. The van der Waals surface area contributed by atoms with Gasteiger partial charge < -0.3 is 21.1 Å². The Morgan fingerprint density at radius 2 is 1.86 bits per heavy atom. The van der Waals surface area contributed by atoms with Gasteiger partial charge >= 0.3 is 0 Å². The van der Waals surface area contributed by atoms with E-state index in [0.717, 1.165) is 5.56 Å². The molecule has 0 amide bonds. The van der Waals surface area contributed by atoms with Crippen LogP contribution in [0.1, 0.15) is 5.56 Å². The third-order valence-electron chi connectivity index (χ3n) is 2.98. The van der Waals surface area contributed by atoms with Crippen LogP contribution < -0.4 is 16.0 Å². The highest BCUT2D eigenvalue weighted by Gasteiger charge is 2.12. The van der Waals surface area contributed by atoms with Gasteiger partial charge in [0.2, 0.25) is 5.95 Å². The van der Waals surface area contributed by atoms with Gasteiger partial charge in [-0.1, -0.05) is 30.3 Å². The Balaban J connectivity index is 2.24. The minimum absolute atomic E-state index is 0.00643. The second kappa shape index (κ2) is 7.94. The van der Waals surface area contributed by atoms with Gasteiger partial charge in [0.1, 0.15) is 5.69 Å². The molecule has 4 N–H and O–H groups in total. The molecule has 116 valence electrons. The third-order valence-corrected chi connectivity index (χ3v) is 2.98. The number of rotatable bonds is 8. The lowest BCUT2D eigenvalue weighted by molar-refractivity contribution is 0.311. The van der Waals surface area contributed by atoms with E-state index in [1.54, 1.807) is 7.05 Å². The molecular formula is C15H20N6O. The number of benzene rings is 1. The van der Waals surface area contributed by atoms with E-state index >= 15 is 0 Å². The molecule has 0 saturated carbocycles. The van der Waals surface area contributed by atoms with E-state index in [4.69, 9.17) is 5.11 Å². The Morgan fingerprint density at radius 1 is 1.14 bits per heavy atom. The quantitative estimate of drug-likeness (QED) is 0.556. The fourth-order valence-electron chi connectivity index (χ4n) is 1.93. The van der Waals surface area contributed by atoms with E-state index in [2.05, 4.69) is 37.6 Å². The normalized spacial score (nSPS) is 10.1. The van der Waals surface area contributed by atoms with Gasteiger partial charge in [0.05, 0.1) is 6.61 Å². The number of hydrogen-bond acceptors (Lipinski definition) is 7. The number of hydrogen-bond donors (Lipinski definition) is 4. The van der Waals surface area contributed by atoms with Crippen molar-refractivity contribution in [1.29, 1.82) is 0 Å². The van der Waals surface area contributed by atoms with Crippen molar-refractivity contribution in [2.24, 2.45) is 4.99 Å². The largest absolute Gasteiger partial charge is 0.395 e. The van der Waals surface area contributed by atoms with Gasteiger partial charge in [-0.2, -0.15) is 9.97 Å². The lowest BCUT2D eigenvalue weighted by atomic mass is 10.2. The van der Waals surface area contributed by atoms with Crippen molar-refractivity contribution in [3.05, 3.63) is 35.9 Å². The molecule has 7 nitrogen and oxygen atoms in total. The predicted molar refractivity (Wildman–Crippen MR) is 90.1 cm³/mol. The lowest BCUT2D eigenvalue weighted by Gasteiger charge is -2.14. The SMILES string of the molecule is C=Nc1c(NC)nc(NCCO)nc1NCc1ccccc1. The van der Waals surface area contributed by atoms with Crippen LogP contribution in [0.4, 0.5) is 23.3 Å². The predicted octanol–water partition coefficient (Wildman–Crippen LogP) is 1.87. The zero-order valence-corrected chi connectivity index (χ0v) is 12.5. The number of aromatic nitrogens is 2. The van der Waals surface area contributed by atoms with Crippen molar-refractivity contribution in [1.82, 2.24) is 9.97 Å². The van der Waals surface area contributed by atoms with Crippen LogP contribution in [0.15, 0.2) is 35.3 Å². The first-order chi connectivity index (χ1) is 10.8. The molecule has 0 saturated heterocycles. The van der Waals surface area contributed by atoms with Gasteiger partial charge in [-0.3, -0.25) is 4.99 Å². The standard InChI is InChI=1S/C15H20N6O/c1-16-12-13(17-2)20-15(18-8-9-22)21-14(12)19-10-11-6-4-3-5-7-11/h3-7,22H,1,8-10H2,2H3,(H3,17,18,19,20,21). The highest BCUT2D eigenvalue weighted by atomic mass is 16.3. The summed E-state index contributed by atoms with van der Waals surface area (Å²) in [7, 11) is 1.76. The van der Waals surface area contributed by atoms with E-state index in [9.17, 15) is 0 Å². The second-order valence-corrected chi connectivity index (χ2v) is 4.49. The fraction of sp³-hybridized carbons (Fsp3) is 0.267. The molecule has 1 aromatic heterocycles. The highest BCUT2D eigenvalue weighted by molar-refractivity contribution is 5.77. The van der Waals surface area contributed by atoms with E-state index in [0.29, 0.717) is 36.4 Å². The van der Waals surface area contributed by atoms with Crippen LogP contribution in [0.5, 0.6) is 0 Å². The van der Waals surface area contributed by atoms with E-state index in [1.165, 1.54) is 0 Å². The number of aliphatic hydroxyl groups is 1. The van der Waals surface area contributed by atoms with Crippen molar-refractivity contribution < 1.29 is 5.11 Å². The number of anilines is 3. The maximum absolute atomic E-state index is 8.90. The number of aliphatic imine (C=N–C) groups is 1. The number of nitrogens with one attached hydrogen (secondary N) is 3. The van der Waals surface area contributed by atoms with Crippen LogP contribution in [-0.2, 0) is 6.54 Å². The molecule has 1 aromatic carbocycles. The summed E-state index contributed by atoms with van der Waals surface area (Å²) in [5, 5.41) is 18.1. The Labute approximate surface area is 129 Å². The average Bonchev–Trinajstić information content (AvgIpc) is 2.58. The molecule has 7 heteroatoms. The van der Waals surface area contributed by atoms with E-state index in [-0.39, 0.29) is 6.61 Å². The molecule has 0 fully saturated rings. The first-order valence-corrected chi connectivity index (χ1v) is 6.97. The van der Waals surface area contributed by atoms with Gasteiger partial charge in [-0.05, 0) is 12.3 Å². The van der Waals surface area contributed by atoms with Crippen molar-refractivity contribution in [2.75, 3.05) is 36.1 Å². The molecule has 0 aliphatic heterocycles. The van der Waals surface area contributed by atoms with Crippen LogP contribution in [-0.4, -0.2) is 42.0 Å². The molecule has 2 rings (SSSR count). The minimum atomic E-state index is 0.00643. The molecule has 0 aliphatic carbocycles. The zero-order chi connectivity index (χ0) is 15.8. The van der Waals surface area contributed by atoms with Crippen molar-refractivity contribution in [3.8, 4) is 0 Å². The fourth-order valence-corrected chi connectivity index (χ4v) is 1.93. The number of nitrogens with zero attached hydrogens (tertiary/aromatic N) is 3. The molecule has 0 bridgehead atoms. The Morgan fingerprint density at radius 3 is 2.50 bits per heavy atom. The summed E-state index contributed by atoms with van der Waals surface area (Å²) in [5.41, 5.74) is 1.69. The summed E-state index contributed by atoms with van der Waals surface area (Å²) in [6.07, 6.45) is 0. The van der Waals surface area contributed by atoms with Gasteiger partial charge in [-0.15, -0.1) is 0 Å². The Hall–Kier alpha value is -2.67. The molecule has 0 aliphatic rings.